The van der Waals surface area contributed by atoms with E-state index in [-0.39, 0.29) is 11.1 Å². The van der Waals surface area contributed by atoms with E-state index in [0.717, 1.165) is 0 Å². The largest absolute Gasteiger partial charge is 0.452 e. The van der Waals surface area contributed by atoms with Gasteiger partial charge >= 0.3 is 0 Å². The number of rotatable bonds is 1. The minimum absolute atomic E-state index is 0.0957. The van der Waals surface area contributed by atoms with Crippen LogP contribution in [0.15, 0.2) is 16.7 Å². The zero-order valence-corrected chi connectivity index (χ0v) is 10.6. The van der Waals surface area contributed by atoms with Crippen molar-refractivity contribution in [3.63, 3.8) is 0 Å². The van der Waals surface area contributed by atoms with E-state index in [1.165, 1.54) is 6.26 Å². The highest BCUT2D eigenvalue weighted by molar-refractivity contribution is 6.32. The predicted molar refractivity (Wildman–Crippen MR) is 63.5 cm³/mol. The number of nitrogens with zero attached hydrogens (tertiary/aromatic N) is 1. The van der Waals surface area contributed by atoms with Crippen LogP contribution in [0.5, 0.6) is 0 Å². The van der Waals surface area contributed by atoms with Crippen LogP contribution < -0.4 is 0 Å². The lowest BCUT2D eigenvalue weighted by atomic mass is 10.0. The molecule has 0 bridgehead atoms. The van der Waals surface area contributed by atoms with Crippen molar-refractivity contribution in [2.45, 2.75) is 18.6 Å². The first-order valence-corrected chi connectivity index (χ1v) is 6.38. The van der Waals surface area contributed by atoms with Crippen LogP contribution in [0.25, 0.3) is 0 Å². The van der Waals surface area contributed by atoms with Gasteiger partial charge in [0.15, 0.2) is 5.79 Å². The highest BCUT2D eigenvalue weighted by Crippen LogP contribution is 2.32. The summed E-state index contributed by atoms with van der Waals surface area (Å²) in [5, 5.41) is 0.147. The van der Waals surface area contributed by atoms with Crippen molar-refractivity contribution in [1.29, 1.82) is 0 Å². The summed E-state index contributed by atoms with van der Waals surface area (Å²) in [6.07, 6.45) is 2.83. The maximum Gasteiger partial charge on any atom is 0.258 e. The van der Waals surface area contributed by atoms with Gasteiger partial charge in [0.05, 0.1) is 25.0 Å². The van der Waals surface area contributed by atoms with Crippen molar-refractivity contribution in [3.8, 4) is 0 Å². The zero-order valence-electron chi connectivity index (χ0n) is 9.86. The molecule has 0 N–H and O–H groups in total. The van der Waals surface area contributed by atoms with Gasteiger partial charge in [0, 0.05) is 25.9 Å². The van der Waals surface area contributed by atoms with Crippen LogP contribution >= 0.6 is 11.6 Å². The number of likely N-dealkylation sites (tertiary alicyclic amines) is 1. The maximum atomic E-state index is 12.2. The Labute approximate surface area is 110 Å². The van der Waals surface area contributed by atoms with Gasteiger partial charge in [-0.1, -0.05) is 0 Å². The summed E-state index contributed by atoms with van der Waals surface area (Å²) in [5.74, 6) is -0.557. The second-order valence-electron chi connectivity index (χ2n) is 4.51. The van der Waals surface area contributed by atoms with Crippen LogP contribution in [0, 0.1) is 0 Å². The standard InChI is InChI=1S/C12H14ClNO4/c13-10-9(1-6-16-10)11(15)14-4-2-12(3-5-14)17-7-8-18-12/h1,6H,2-5,7-8H2. The van der Waals surface area contributed by atoms with E-state index in [4.69, 9.17) is 25.5 Å². The van der Waals surface area contributed by atoms with Crippen LogP contribution in [0.3, 0.4) is 0 Å². The topological polar surface area (TPSA) is 51.9 Å². The van der Waals surface area contributed by atoms with Gasteiger partial charge in [-0.2, -0.15) is 0 Å². The molecule has 3 heterocycles. The molecule has 0 radical (unpaired) electrons. The number of ether oxygens (including phenoxy) is 2. The average Bonchev–Trinajstić information content (AvgIpc) is 2.99. The third-order valence-corrected chi connectivity index (χ3v) is 3.77. The monoisotopic (exact) mass is 271 g/mol. The third kappa shape index (κ3) is 2.02. The van der Waals surface area contributed by atoms with Crippen molar-refractivity contribution in [2.24, 2.45) is 0 Å². The maximum absolute atomic E-state index is 12.2. The summed E-state index contributed by atoms with van der Waals surface area (Å²) in [7, 11) is 0. The molecule has 0 aliphatic carbocycles. The van der Waals surface area contributed by atoms with Gasteiger partial charge in [0.25, 0.3) is 5.91 Å². The Balaban J connectivity index is 1.66. The second-order valence-corrected chi connectivity index (χ2v) is 4.85. The number of furan rings is 1. The lowest BCUT2D eigenvalue weighted by Gasteiger charge is -2.37. The molecular weight excluding hydrogens is 258 g/mol. The van der Waals surface area contributed by atoms with E-state index in [2.05, 4.69) is 0 Å². The first-order chi connectivity index (χ1) is 8.70. The van der Waals surface area contributed by atoms with Gasteiger partial charge < -0.3 is 18.8 Å². The molecule has 0 atom stereocenters. The molecule has 18 heavy (non-hydrogen) atoms. The van der Waals surface area contributed by atoms with Crippen LogP contribution in [-0.4, -0.2) is 42.9 Å². The highest BCUT2D eigenvalue weighted by Gasteiger charge is 2.41. The van der Waals surface area contributed by atoms with Crippen LogP contribution in [-0.2, 0) is 9.47 Å². The van der Waals surface area contributed by atoms with Gasteiger partial charge in [0.1, 0.15) is 0 Å². The van der Waals surface area contributed by atoms with E-state index in [1.807, 2.05) is 0 Å². The van der Waals surface area contributed by atoms with E-state index < -0.39 is 5.79 Å². The predicted octanol–water partition coefficient (Wildman–Crippen LogP) is 1.91. The first-order valence-electron chi connectivity index (χ1n) is 6.00. The van der Waals surface area contributed by atoms with Crippen LogP contribution in [0.4, 0.5) is 0 Å². The van der Waals surface area contributed by atoms with Crippen LogP contribution in [0.2, 0.25) is 5.22 Å². The quantitative estimate of drug-likeness (QED) is 0.783. The molecule has 2 saturated heterocycles. The number of hydrogen-bond acceptors (Lipinski definition) is 4. The number of piperidine rings is 1. The molecule has 2 fully saturated rings. The molecule has 1 spiro atoms. The number of hydrogen-bond donors (Lipinski definition) is 0. The third-order valence-electron chi connectivity index (χ3n) is 3.47. The van der Waals surface area contributed by atoms with E-state index >= 15 is 0 Å². The SMILES string of the molecule is O=C(c1ccoc1Cl)N1CCC2(CC1)OCCO2. The molecule has 0 aromatic carbocycles. The van der Waals surface area contributed by atoms with Crippen molar-refractivity contribution in [3.05, 3.63) is 23.1 Å². The molecule has 1 aromatic rings. The Morgan fingerprint density at radius 1 is 1.28 bits per heavy atom. The number of carbonyl (C=O) groups excluding carboxylic acids is 1. The summed E-state index contributed by atoms with van der Waals surface area (Å²) in [4.78, 5) is 13.9. The van der Waals surface area contributed by atoms with E-state index in [0.29, 0.717) is 44.7 Å². The van der Waals surface area contributed by atoms with E-state index in [9.17, 15) is 4.79 Å². The van der Waals surface area contributed by atoms with Gasteiger partial charge in [-0.15, -0.1) is 0 Å². The van der Waals surface area contributed by atoms with Gasteiger partial charge in [0.2, 0.25) is 5.22 Å². The fourth-order valence-corrected chi connectivity index (χ4v) is 2.65. The molecule has 0 unspecified atom stereocenters. The summed E-state index contributed by atoms with van der Waals surface area (Å²) in [6.45, 7) is 2.50. The molecule has 6 heteroatoms. The Morgan fingerprint density at radius 3 is 2.50 bits per heavy atom. The molecule has 5 nitrogen and oxygen atoms in total. The van der Waals surface area contributed by atoms with Gasteiger partial charge in [-0.05, 0) is 17.7 Å². The number of amides is 1. The number of halogens is 1. The smallest absolute Gasteiger partial charge is 0.258 e. The normalized spacial score (nSPS) is 22.6. The average molecular weight is 272 g/mol. The Kier molecular flexibility index (Phi) is 3.05. The Morgan fingerprint density at radius 2 is 1.94 bits per heavy atom. The highest BCUT2D eigenvalue weighted by atomic mass is 35.5. The van der Waals surface area contributed by atoms with Crippen molar-refractivity contribution >= 4 is 17.5 Å². The van der Waals surface area contributed by atoms with Crippen molar-refractivity contribution in [1.82, 2.24) is 4.90 Å². The van der Waals surface area contributed by atoms with Crippen molar-refractivity contribution in [2.75, 3.05) is 26.3 Å². The molecule has 1 amide bonds. The molecule has 1 aromatic heterocycles. The molecular formula is C12H14ClNO4. The van der Waals surface area contributed by atoms with Gasteiger partial charge in [-0.3, -0.25) is 4.79 Å². The molecule has 2 aliphatic rings. The molecule has 0 saturated carbocycles. The fourth-order valence-electron chi connectivity index (χ4n) is 2.45. The lowest BCUT2D eigenvalue weighted by Crippen LogP contribution is -2.47. The van der Waals surface area contributed by atoms with Crippen molar-refractivity contribution < 1.29 is 18.7 Å². The van der Waals surface area contributed by atoms with Gasteiger partial charge in [-0.25, -0.2) is 0 Å². The number of carbonyl (C=O) groups is 1. The Bertz CT molecular complexity index is 443. The summed E-state index contributed by atoms with van der Waals surface area (Å²) in [5.41, 5.74) is 0.417. The minimum Gasteiger partial charge on any atom is -0.452 e. The summed E-state index contributed by atoms with van der Waals surface area (Å²) < 4.78 is 16.2. The summed E-state index contributed by atoms with van der Waals surface area (Å²) in [6, 6.07) is 1.59. The minimum atomic E-state index is -0.461. The lowest BCUT2D eigenvalue weighted by molar-refractivity contribution is -0.181. The first kappa shape index (κ1) is 12.0. The van der Waals surface area contributed by atoms with E-state index in [1.54, 1.807) is 11.0 Å². The Hall–Kier alpha value is -1.04. The van der Waals surface area contributed by atoms with Crippen LogP contribution in [0.1, 0.15) is 23.2 Å². The summed E-state index contributed by atoms with van der Waals surface area (Å²) >= 11 is 5.81. The molecule has 2 aliphatic heterocycles. The fraction of sp³-hybridized carbons (Fsp3) is 0.583. The molecule has 98 valence electrons. The zero-order chi connectivity index (χ0) is 12.6. The second kappa shape index (κ2) is 4.57. The molecule has 3 rings (SSSR count).